The van der Waals surface area contributed by atoms with Gasteiger partial charge in [-0.2, -0.15) is 0 Å². The Hall–Kier alpha value is -3.96. The van der Waals surface area contributed by atoms with Crippen LogP contribution in [0.5, 0.6) is 0 Å². The quantitative estimate of drug-likeness (QED) is 0.187. The largest absolute Gasteiger partial charge is 0.388 e. The highest BCUT2D eigenvalue weighted by Gasteiger charge is 2.17. The Balaban J connectivity index is 1.58. The Labute approximate surface area is 244 Å². The van der Waals surface area contributed by atoms with Gasteiger partial charge in [0.25, 0.3) is 0 Å². The normalized spacial score (nSPS) is 14.9. The number of aromatic nitrogens is 2. The monoisotopic (exact) mass is 550 g/mol. The van der Waals surface area contributed by atoms with E-state index >= 15 is 0 Å². The molecule has 3 aromatic rings. The summed E-state index contributed by atoms with van der Waals surface area (Å²) in [6.07, 6.45) is 15.8. The number of anilines is 1. The van der Waals surface area contributed by atoms with Gasteiger partial charge in [0.1, 0.15) is 11.6 Å². The van der Waals surface area contributed by atoms with Crippen molar-refractivity contribution < 1.29 is 4.39 Å². The number of H-pyrrole nitrogens is 1. The Morgan fingerprint density at radius 1 is 1.15 bits per heavy atom. The Kier molecular flexibility index (Phi) is 10.7. The van der Waals surface area contributed by atoms with Crippen LogP contribution in [0, 0.1) is 18.7 Å². The fourth-order valence-corrected chi connectivity index (χ4v) is 5.66. The maximum absolute atomic E-state index is 14.7. The summed E-state index contributed by atoms with van der Waals surface area (Å²) in [5, 5.41) is 6.97. The Bertz CT molecular complexity index is 1450. The molecule has 0 unspecified atom stereocenters. The van der Waals surface area contributed by atoms with E-state index in [2.05, 4.69) is 66.1 Å². The van der Waals surface area contributed by atoms with Gasteiger partial charge in [-0.3, -0.25) is 0 Å². The van der Waals surface area contributed by atoms with Crippen molar-refractivity contribution >= 4 is 16.8 Å². The lowest BCUT2D eigenvalue weighted by Gasteiger charge is -2.14. The van der Waals surface area contributed by atoms with E-state index in [9.17, 15) is 4.39 Å². The van der Waals surface area contributed by atoms with Gasteiger partial charge in [0.05, 0.1) is 5.69 Å². The van der Waals surface area contributed by atoms with Crippen molar-refractivity contribution in [3.63, 3.8) is 0 Å². The zero-order valence-electron chi connectivity index (χ0n) is 24.7. The summed E-state index contributed by atoms with van der Waals surface area (Å²) >= 11 is 0. The van der Waals surface area contributed by atoms with Crippen molar-refractivity contribution in [3.05, 3.63) is 131 Å². The van der Waals surface area contributed by atoms with Crippen molar-refractivity contribution in [1.82, 2.24) is 15.3 Å². The molecule has 0 saturated heterocycles. The molecular formula is C36H43FN4. The highest BCUT2D eigenvalue weighted by atomic mass is 19.1. The third-order valence-corrected chi connectivity index (χ3v) is 7.85. The van der Waals surface area contributed by atoms with Crippen LogP contribution in [0.4, 0.5) is 10.1 Å². The van der Waals surface area contributed by atoms with E-state index < -0.39 is 0 Å². The molecule has 41 heavy (non-hydrogen) atoms. The molecule has 0 bridgehead atoms. The number of allylic oxidation sites excluding steroid dienone is 5. The summed E-state index contributed by atoms with van der Waals surface area (Å²) in [5.41, 5.74) is 8.46. The standard InChI is InChI=1S/C36H43FN4/c1-6-13-32(31-16-11-12-17-33(31)37)36-25(4)40-35(41-36)22-30-21-29(18-19-34(30)38-5)28(8-3)20-26(7-2)23-39-24-27-14-9-10-15-27/h6-8,11-13,16-21,27,38-39H,1-2,9-10,14-15,22-24H2,3-5H3,(H,40,41)/b26-20+,28-8+,32-13-. The van der Waals surface area contributed by atoms with Crippen molar-refractivity contribution in [1.29, 1.82) is 0 Å². The van der Waals surface area contributed by atoms with Gasteiger partial charge in [-0.15, -0.1) is 0 Å². The van der Waals surface area contributed by atoms with Gasteiger partial charge >= 0.3 is 0 Å². The second-order valence-electron chi connectivity index (χ2n) is 10.7. The number of rotatable bonds is 13. The molecule has 0 amide bonds. The van der Waals surface area contributed by atoms with Crippen LogP contribution in [0.2, 0.25) is 0 Å². The maximum atomic E-state index is 14.7. The zero-order valence-corrected chi connectivity index (χ0v) is 24.7. The van der Waals surface area contributed by atoms with E-state index in [1.165, 1.54) is 37.3 Å². The molecule has 0 aliphatic heterocycles. The fourth-order valence-electron chi connectivity index (χ4n) is 5.66. The average Bonchev–Trinajstić information content (AvgIpc) is 3.63. The van der Waals surface area contributed by atoms with Gasteiger partial charge in [-0.05, 0) is 79.6 Å². The first-order chi connectivity index (χ1) is 20.0. The van der Waals surface area contributed by atoms with Gasteiger partial charge in [-0.25, -0.2) is 9.37 Å². The highest BCUT2D eigenvalue weighted by Crippen LogP contribution is 2.30. The number of benzene rings is 2. The number of nitrogens with zero attached hydrogens (tertiary/aromatic N) is 1. The number of aryl methyl sites for hydroxylation is 1. The second kappa shape index (κ2) is 14.6. The van der Waals surface area contributed by atoms with E-state index in [0.29, 0.717) is 17.6 Å². The Morgan fingerprint density at radius 2 is 1.93 bits per heavy atom. The lowest BCUT2D eigenvalue weighted by Crippen LogP contribution is -2.23. The molecule has 1 aliphatic rings. The first-order valence-electron chi connectivity index (χ1n) is 14.6. The van der Waals surface area contributed by atoms with Gasteiger partial charge in [0.15, 0.2) is 0 Å². The molecular weight excluding hydrogens is 507 g/mol. The van der Waals surface area contributed by atoms with Crippen LogP contribution < -0.4 is 10.6 Å². The molecule has 4 nitrogen and oxygen atoms in total. The van der Waals surface area contributed by atoms with Gasteiger partial charge in [0.2, 0.25) is 0 Å². The summed E-state index contributed by atoms with van der Waals surface area (Å²) in [4.78, 5) is 8.36. The SMILES string of the molecule is C=C/C=C(/c1ccccc1F)c1nc(Cc2cc(C(/C=C(\C=C)CNCC3CCCC3)=C/C)ccc2NC)[nH]c1C. The number of hydrogen-bond donors (Lipinski definition) is 3. The molecule has 4 rings (SSSR count). The highest BCUT2D eigenvalue weighted by molar-refractivity contribution is 5.80. The number of aromatic amines is 1. The summed E-state index contributed by atoms with van der Waals surface area (Å²) in [6, 6.07) is 13.3. The minimum Gasteiger partial charge on any atom is -0.388 e. The Morgan fingerprint density at radius 3 is 2.61 bits per heavy atom. The van der Waals surface area contributed by atoms with Gasteiger partial charge < -0.3 is 15.6 Å². The van der Waals surface area contributed by atoms with Crippen molar-refractivity contribution in [3.8, 4) is 0 Å². The molecule has 214 valence electrons. The number of hydrogen-bond acceptors (Lipinski definition) is 3. The van der Waals surface area contributed by atoms with Crippen molar-refractivity contribution in [2.45, 2.75) is 46.0 Å². The molecule has 1 aliphatic carbocycles. The average molecular weight is 551 g/mol. The predicted molar refractivity (Wildman–Crippen MR) is 173 cm³/mol. The topological polar surface area (TPSA) is 52.7 Å². The van der Waals surface area contributed by atoms with Crippen LogP contribution in [-0.2, 0) is 6.42 Å². The molecule has 1 fully saturated rings. The van der Waals surface area contributed by atoms with E-state index in [1.54, 1.807) is 18.2 Å². The predicted octanol–water partition coefficient (Wildman–Crippen LogP) is 8.40. The summed E-state index contributed by atoms with van der Waals surface area (Å²) in [5.74, 6) is 1.34. The molecule has 5 heteroatoms. The van der Waals surface area contributed by atoms with E-state index in [1.807, 2.05) is 32.2 Å². The van der Waals surface area contributed by atoms with Crippen molar-refractivity contribution in [2.75, 3.05) is 25.5 Å². The van der Waals surface area contributed by atoms with E-state index in [4.69, 9.17) is 4.98 Å². The third-order valence-electron chi connectivity index (χ3n) is 7.85. The van der Waals surface area contributed by atoms with Crippen LogP contribution in [0.15, 0.2) is 91.6 Å². The molecule has 0 radical (unpaired) electrons. The third kappa shape index (κ3) is 7.62. The van der Waals surface area contributed by atoms with E-state index in [-0.39, 0.29) is 5.82 Å². The van der Waals surface area contributed by atoms with Gasteiger partial charge in [-0.1, -0.05) is 80.6 Å². The number of halogens is 1. The van der Waals surface area contributed by atoms with Crippen LogP contribution in [0.3, 0.4) is 0 Å². The second-order valence-corrected chi connectivity index (χ2v) is 10.7. The minimum atomic E-state index is -0.283. The molecule has 3 N–H and O–H groups in total. The first-order valence-corrected chi connectivity index (χ1v) is 14.6. The molecule has 1 saturated carbocycles. The van der Waals surface area contributed by atoms with Crippen LogP contribution in [0.1, 0.15) is 66.5 Å². The van der Waals surface area contributed by atoms with Crippen LogP contribution >= 0.6 is 0 Å². The molecule has 0 atom stereocenters. The minimum absolute atomic E-state index is 0.283. The zero-order chi connectivity index (χ0) is 29.2. The lowest BCUT2D eigenvalue weighted by molar-refractivity contribution is 0.503. The summed E-state index contributed by atoms with van der Waals surface area (Å²) in [7, 11) is 1.93. The molecule has 0 spiro atoms. The van der Waals surface area contributed by atoms with Crippen molar-refractivity contribution in [2.24, 2.45) is 5.92 Å². The van der Waals surface area contributed by atoms with E-state index in [0.717, 1.165) is 58.6 Å². The van der Waals surface area contributed by atoms with Crippen LogP contribution in [-0.4, -0.2) is 30.1 Å². The smallest absolute Gasteiger partial charge is 0.131 e. The van der Waals surface area contributed by atoms with Gasteiger partial charge in [0, 0.05) is 42.5 Å². The maximum Gasteiger partial charge on any atom is 0.131 e. The summed E-state index contributed by atoms with van der Waals surface area (Å²) in [6.45, 7) is 13.8. The number of imidazole rings is 1. The lowest BCUT2D eigenvalue weighted by atomic mass is 9.98. The molecule has 1 heterocycles. The first kappa shape index (κ1) is 30.0. The summed E-state index contributed by atoms with van der Waals surface area (Å²) < 4.78 is 14.7. The fraction of sp³-hybridized carbons (Fsp3) is 0.306. The molecule has 2 aromatic carbocycles. The molecule has 1 aromatic heterocycles. The number of nitrogens with one attached hydrogen (secondary N) is 3. The van der Waals surface area contributed by atoms with Crippen LogP contribution in [0.25, 0.3) is 11.1 Å².